The molecule has 8 heteroatoms. The Morgan fingerprint density at radius 3 is 2.34 bits per heavy atom. The SMILES string of the molecule is O=C(O)c1ccc(C(O)c2cc3cc(C(=O)NCN4CCOCC4)ccc3cc2O)cc1. The van der Waals surface area contributed by atoms with E-state index in [0.717, 1.165) is 18.5 Å². The molecule has 1 amide bonds. The molecule has 0 aliphatic carbocycles. The Kier molecular flexibility index (Phi) is 6.36. The van der Waals surface area contributed by atoms with Crippen LogP contribution in [-0.4, -0.2) is 65.1 Å². The van der Waals surface area contributed by atoms with E-state index in [2.05, 4.69) is 10.2 Å². The van der Waals surface area contributed by atoms with E-state index in [4.69, 9.17) is 9.84 Å². The molecule has 0 bridgehead atoms. The van der Waals surface area contributed by atoms with Gasteiger partial charge in [0.05, 0.1) is 25.4 Å². The second-order valence-electron chi connectivity index (χ2n) is 7.70. The van der Waals surface area contributed by atoms with Gasteiger partial charge >= 0.3 is 5.97 Å². The van der Waals surface area contributed by atoms with Gasteiger partial charge in [0.2, 0.25) is 0 Å². The number of aromatic carboxylic acids is 1. The summed E-state index contributed by atoms with van der Waals surface area (Å²) >= 11 is 0. The molecule has 1 saturated heterocycles. The number of aliphatic hydroxyl groups excluding tert-OH is 1. The minimum atomic E-state index is -1.15. The summed E-state index contributed by atoms with van der Waals surface area (Å²) in [5.74, 6) is -1.35. The molecule has 4 N–H and O–H groups in total. The highest BCUT2D eigenvalue weighted by Gasteiger charge is 2.18. The number of morpholine rings is 1. The summed E-state index contributed by atoms with van der Waals surface area (Å²) in [6.07, 6.45) is -1.15. The lowest BCUT2D eigenvalue weighted by molar-refractivity contribution is 0.0334. The van der Waals surface area contributed by atoms with Crippen molar-refractivity contribution >= 4 is 22.6 Å². The molecule has 4 rings (SSSR count). The van der Waals surface area contributed by atoms with Crippen molar-refractivity contribution in [2.75, 3.05) is 33.0 Å². The number of carbonyl (C=O) groups excluding carboxylic acids is 1. The molecule has 166 valence electrons. The quantitative estimate of drug-likeness (QED) is 0.468. The van der Waals surface area contributed by atoms with Crippen LogP contribution in [-0.2, 0) is 4.74 Å². The van der Waals surface area contributed by atoms with Crippen LogP contribution < -0.4 is 5.32 Å². The minimum Gasteiger partial charge on any atom is -0.508 e. The number of phenolic OH excluding ortho intramolecular Hbond substituents is 1. The first-order valence-electron chi connectivity index (χ1n) is 10.3. The number of hydrogen-bond acceptors (Lipinski definition) is 6. The number of aliphatic hydroxyl groups is 1. The summed E-state index contributed by atoms with van der Waals surface area (Å²) in [6.45, 7) is 3.28. The predicted molar refractivity (Wildman–Crippen MR) is 118 cm³/mol. The largest absolute Gasteiger partial charge is 0.508 e. The van der Waals surface area contributed by atoms with Crippen molar-refractivity contribution in [3.63, 3.8) is 0 Å². The standard InChI is InChI=1S/C24H24N2O6/c27-21-13-17-5-6-18(23(29)25-14-26-7-9-32-10-8-26)11-19(17)12-20(21)22(28)15-1-3-16(4-2-15)24(30)31/h1-6,11-13,22,27-28H,7-10,14H2,(H,25,29)(H,30,31). The number of hydrogen-bond donors (Lipinski definition) is 4. The van der Waals surface area contributed by atoms with E-state index >= 15 is 0 Å². The number of carboxylic acids is 1. The molecule has 0 saturated carbocycles. The number of benzene rings is 3. The van der Waals surface area contributed by atoms with E-state index in [1.54, 1.807) is 24.3 Å². The summed E-state index contributed by atoms with van der Waals surface area (Å²) in [5, 5.41) is 34.6. The molecule has 32 heavy (non-hydrogen) atoms. The van der Waals surface area contributed by atoms with E-state index < -0.39 is 12.1 Å². The Bertz CT molecular complexity index is 1140. The van der Waals surface area contributed by atoms with Crippen molar-refractivity contribution in [1.82, 2.24) is 10.2 Å². The molecule has 1 heterocycles. The summed E-state index contributed by atoms with van der Waals surface area (Å²) < 4.78 is 5.31. The van der Waals surface area contributed by atoms with E-state index in [9.17, 15) is 19.8 Å². The van der Waals surface area contributed by atoms with Crippen molar-refractivity contribution in [3.05, 3.63) is 76.9 Å². The third-order valence-electron chi connectivity index (χ3n) is 5.58. The number of ether oxygens (including phenoxy) is 1. The fourth-order valence-corrected chi connectivity index (χ4v) is 3.70. The zero-order chi connectivity index (χ0) is 22.7. The predicted octanol–water partition coefficient (Wildman–Crippen LogP) is 2.34. The monoisotopic (exact) mass is 436 g/mol. The van der Waals surface area contributed by atoms with Crippen LogP contribution in [0.2, 0.25) is 0 Å². The van der Waals surface area contributed by atoms with Gasteiger partial charge in [0.1, 0.15) is 11.9 Å². The van der Waals surface area contributed by atoms with E-state index in [1.165, 1.54) is 30.3 Å². The fourth-order valence-electron chi connectivity index (χ4n) is 3.70. The Labute approximate surface area is 184 Å². The molecule has 0 radical (unpaired) electrons. The van der Waals surface area contributed by atoms with Crippen LogP contribution in [0.3, 0.4) is 0 Å². The maximum Gasteiger partial charge on any atom is 0.335 e. The van der Waals surface area contributed by atoms with Gasteiger partial charge in [0, 0.05) is 24.2 Å². The topological polar surface area (TPSA) is 119 Å². The summed E-state index contributed by atoms with van der Waals surface area (Å²) in [4.78, 5) is 25.7. The van der Waals surface area contributed by atoms with Crippen molar-refractivity contribution in [2.24, 2.45) is 0 Å². The average molecular weight is 436 g/mol. The summed E-state index contributed by atoms with van der Waals surface area (Å²) in [6, 6.07) is 14.1. The average Bonchev–Trinajstić information content (AvgIpc) is 2.82. The van der Waals surface area contributed by atoms with Crippen molar-refractivity contribution in [3.8, 4) is 5.75 Å². The number of carboxylic acid groups (broad SMARTS) is 1. The highest BCUT2D eigenvalue weighted by atomic mass is 16.5. The first-order chi connectivity index (χ1) is 15.4. The molecule has 3 aromatic rings. The van der Waals surface area contributed by atoms with E-state index in [-0.39, 0.29) is 22.8 Å². The van der Waals surface area contributed by atoms with Gasteiger partial charge in [-0.2, -0.15) is 0 Å². The number of aromatic hydroxyl groups is 1. The molecule has 1 atom stereocenters. The number of nitrogens with zero attached hydrogens (tertiary/aromatic N) is 1. The molecule has 1 unspecified atom stereocenters. The molecule has 1 aliphatic rings. The van der Waals surface area contributed by atoms with Gasteiger partial charge in [-0.25, -0.2) is 4.79 Å². The zero-order valence-electron chi connectivity index (χ0n) is 17.3. The summed E-state index contributed by atoms with van der Waals surface area (Å²) in [5.41, 5.74) is 1.30. The third-order valence-corrected chi connectivity index (χ3v) is 5.58. The van der Waals surface area contributed by atoms with Crippen molar-refractivity contribution < 1.29 is 29.6 Å². The van der Waals surface area contributed by atoms with Gasteiger partial charge in [-0.15, -0.1) is 0 Å². The van der Waals surface area contributed by atoms with Crippen molar-refractivity contribution in [1.29, 1.82) is 0 Å². The lowest BCUT2D eigenvalue weighted by atomic mass is 9.96. The number of phenols is 1. The van der Waals surface area contributed by atoms with Crippen molar-refractivity contribution in [2.45, 2.75) is 6.10 Å². The smallest absolute Gasteiger partial charge is 0.335 e. The highest BCUT2D eigenvalue weighted by Crippen LogP contribution is 2.33. The van der Waals surface area contributed by atoms with Crippen LogP contribution >= 0.6 is 0 Å². The number of carbonyl (C=O) groups is 2. The lowest BCUT2D eigenvalue weighted by Crippen LogP contribution is -2.43. The van der Waals surface area contributed by atoms with Crippen LogP contribution in [0.1, 0.15) is 37.9 Å². The Morgan fingerprint density at radius 2 is 1.66 bits per heavy atom. The van der Waals surface area contributed by atoms with Gasteiger partial charge in [0.15, 0.2) is 0 Å². The third kappa shape index (κ3) is 4.72. The normalized spacial score (nSPS) is 15.4. The number of amides is 1. The first-order valence-corrected chi connectivity index (χ1v) is 10.3. The number of rotatable bonds is 6. The fraction of sp³-hybridized carbons (Fsp3) is 0.250. The van der Waals surface area contributed by atoms with Crippen LogP contribution in [0.15, 0.2) is 54.6 Å². The Hall–Kier alpha value is -3.46. The molecule has 3 aromatic carbocycles. The second-order valence-corrected chi connectivity index (χ2v) is 7.70. The van der Waals surface area contributed by atoms with Gasteiger partial charge in [-0.05, 0) is 52.7 Å². The van der Waals surface area contributed by atoms with Gasteiger partial charge in [-0.1, -0.05) is 18.2 Å². The zero-order valence-corrected chi connectivity index (χ0v) is 17.3. The van der Waals surface area contributed by atoms with Gasteiger partial charge in [0.25, 0.3) is 5.91 Å². The summed E-state index contributed by atoms with van der Waals surface area (Å²) in [7, 11) is 0. The molecule has 1 aliphatic heterocycles. The Morgan fingerprint density at radius 1 is 0.969 bits per heavy atom. The van der Waals surface area contributed by atoms with E-state index in [1.807, 2.05) is 0 Å². The van der Waals surface area contributed by atoms with Crippen LogP contribution in [0.4, 0.5) is 0 Å². The molecule has 8 nitrogen and oxygen atoms in total. The lowest BCUT2D eigenvalue weighted by Gasteiger charge is -2.26. The van der Waals surface area contributed by atoms with Crippen LogP contribution in [0, 0.1) is 0 Å². The maximum atomic E-state index is 12.6. The molecule has 1 fully saturated rings. The van der Waals surface area contributed by atoms with Crippen LogP contribution in [0.25, 0.3) is 10.8 Å². The molecule has 0 aromatic heterocycles. The van der Waals surface area contributed by atoms with Gasteiger partial charge < -0.3 is 25.4 Å². The van der Waals surface area contributed by atoms with Gasteiger partial charge in [-0.3, -0.25) is 9.69 Å². The Balaban J connectivity index is 1.55. The first kappa shape index (κ1) is 21.8. The maximum absolute atomic E-state index is 12.6. The van der Waals surface area contributed by atoms with Crippen LogP contribution in [0.5, 0.6) is 5.75 Å². The number of fused-ring (bicyclic) bond motifs is 1. The second kappa shape index (κ2) is 9.35. The molecule has 0 spiro atoms. The highest BCUT2D eigenvalue weighted by molar-refractivity contribution is 5.99. The van der Waals surface area contributed by atoms with E-state index in [0.29, 0.717) is 36.4 Å². The molecular weight excluding hydrogens is 412 g/mol. The minimum absolute atomic E-state index is 0.0863. The number of nitrogens with one attached hydrogen (secondary N) is 1. The molecular formula is C24H24N2O6.